The Morgan fingerprint density at radius 1 is 1.45 bits per heavy atom. The number of carbonyl (C=O) groups excluding carboxylic acids is 1. The van der Waals surface area contributed by atoms with Crippen molar-refractivity contribution in [3.05, 3.63) is 35.0 Å². The van der Waals surface area contributed by atoms with Crippen LogP contribution in [0, 0.1) is 11.5 Å². The number of rotatable bonds is 3. The Balaban J connectivity index is 1.62. The number of nitrogens with one attached hydrogen (secondary N) is 2. The molecule has 9 nitrogen and oxygen atoms in total. The second kappa shape index (κ2) is 8.31. The minimum absolute atomic E-state index is 0.0972. The Morgan fingerprint density at radius 2 is 2.24 bits per heavy atom. The predicted molar refractivity (Wildman–Crippen MR) is 112 cm³/mol. The maximum atomic E-state index is 12.6. The molecule has 10 heteroatoms. The van der Waals surface area contributed by atoms with Crippen LogP contribution in [0.1, 0.15) is 33.6 Å². The van der Waals surface area contributed by atoms with Crippen LogP contribution in [0.25, 0.3) is 16.0 Å². The summed E-state index contributed by atoms with van der Waals surface area (Å²) >= 11 is 0. The van der Waals surface area contributed by atoms with Crippen molar-refractivity contribution in [2.75, 3.05) is 24.2 Å². The third-order valence-corrected chi connectivity index (χ3v) is 6.55. The summed E-state index contributed by atoms with van der Waals surface area (Å²) in [4.78, 5) is 27.0. The van der Waals surface area contributed by atoms with Gasteiger partial charge in [-0.3, -0.25) is 0 Å². The number of H-pyrrole nitrogens is 1. The highest BCUT2D eigenvalue weighted by atomic mass is 32.2. The van der Waals surface area contributed by atoms with E-state index >= 15 is 0 Å². The smallest absolute Gasteiger partial charge is 0.345 e. The van der Waals surface area contributed by atoms with Gasteiger partial charge in [-0.25, -0.2) is 18.4 Å². The van der Waals surface area contributed by atoms with Crippen LogP contribution >= 0.6 is 0 Å². The molecule has 0 atom stereocenters. The Bertz CT molecular complexity index is 1100. The van der Waals surface area contributed by atoms with Gasteiger partial charge in [-0.05, 0) is 29.9 Å². The fraction of sp³-hybridized carbons (Fsp3) is 0.474. The first-order valence-corrected chi connectivity index (χ1v) is 11.0. The van der Waals surface area contributed by atoms with E-state index in [1.165, 1.54) is 10.5 Å². The molecule has 2 aromatic heterocycles. The van der Waals surface area contributed by atoms with Gasteiger partial charge in [-0.2, -0.15) is 14.4 Å². The van der Waals surface area contributed by atoms with Gasteiger partial charge in [-0.15, -0.1) is 4.85 Å². The average Bonchev–Trinajstić information content (AvgIpc) is 3.08. The minimum atomic E-state index is -3.33. The lowest BCUT2D eigenvalue weighted by molar-refractivity contribution is 0.264. The first kappa shape index (κ1) is 21.0. The van der Waals surface area contributed by atoms with E-state index < -0.39 is 16.1 Å². The van der Waals surface area contributed by atoms with E-state index in [0.717, 1.165) is 18.4 Å². The molecule has 0 bridgehead atoms. The first-order chi connectivity index (χ1) is 13.6. The Labute approximate surface area is 170 Å². The van der Waals surface area contributed by atoms with Gasteiger partial charge in [0.1, 0.15) is 5.52 Å². The van der Waals surface area contributed by atoms with Crippen LogP contribution in [-0.2, 0) is 10.0 Å². The Morgan fingerprint density at radius 3 is 3.00 bits per heavy atom. The number of hydrogen-bond donors (Lipinski definition) is 2. The van der Waals surface area contributed by atoms with Crippen LogP contribution in [0.2, 0.25) is 0 Å². The SMILES string of the molecule is CC(C)(C)CS(=O)(=O)N1CCC/C(=C/C#[N+]C(=O)Nc2cnc3[nH]ccc3n2)C1. The third-order valence-electron chi connectivity index (χ3n) is 4.22. The monoisotopic (exact) mass is 417 g/mol. The molecule has 0 unspecified atom stereocenters. The summed E-state index contributed by atoms with van der Waals surface area (Å²) in [6.07, 6.45) is 6.21. The van der Waals surface area contributed by atoms with Gasteiger partial charge in [-0.1, -0.05) is 20.8 Å². The van der Waals surface area contributed by atoms with Crippen LogP contribution in [0.3, 0.4) is 0 Å². The molecule has 1 fully saturated rings. The molecule has 2 amide bonds. The van der Waals surface area contributed by atoms with Crippen LogP contribution in [0.15, 0.2) is 30.1 Å². The summed E-state index contributed by atoms with van der Waals surface area (Å²) < 4.78 is 26.7. The summed E-state index contributed by atoms with van der Waals surface area (Å²) in [6.45, 7) is 6.53. The molecular weight excluding hydrogens is 392 g/mol. The van der Waals surface area contributed by atoms with Crippen LogP contribution in [0.5, 0.6) is 0 Å². The van der Waals surface area contributed by atoms with Crippen molar-refractivity contribution in [2.24, 2.45) is 5.41 Å². The topological polar surface area (TPSA) is 112 Å². The van der Waals surface area contributed by atoms with Gasteiger partial charge >= 0.3 is 6.03 Å². The van der Waals surface area contributed by atoms with Crippen molar-refractivity contribution >= 4 is 33.0 Å². The molecule has 0 radical (unpaired) electrons. The van der Waals surface area contributed by atoms with Crippen LogP contribution in [0.4, 0.5) is 10.6 Å². The number of carbonyl (C=O) groups is 1. The molecular formula is C19H25N6O3S+. The Kier molecular flexibility index (Phi) is 6.00. The predicted octanol–water partition coefficient (Wildman–Crippen LogP) is 3.22. The van der Waals surface area contributed by atoms with Crippen molar-refractivity contribution in [1.29, 1.82) is 0 Å². The zero-order chi connectivity index (χ0) is 21.1. The van der Waals surface area contributed by atoms with Crippen molar-refractivity contribution < 1.29 is 13.2 Å². The number of nitrogens with zero attached hydrogens (tertiary/aromatic N) is 4. The van der Waals surface area contributed by atoms with Gasteiger partial charge in [0.05, 0.1) is 11.9 Å². The zero-order valence-electron chi connectivity index (χ0n) is 16.8. The maximum absolute atomic E-state index is 12.6. The highest BCUT2D eigenvalue weighted by molar-refractivity contribution is 7.89. The van der Waals surface area contributed by atoms with E-state index in [0.29, 0.717) is 24.3 Å². The van der Waals surface area contributed by atoms with Crippen LogP contribution < -0.4 is 5.32 Å². The molecule has 154 valence electrons. The second-order valence-electron chi connectivity index (χ2n) is 8.19. The number of urea groups is 1. The van der Waals surface area contributed by atoms with Crippen molar-refractivity contribution in [1.82, 2.24) is 19.3 Å². The van der Waals surface area contributed by atoms with Gasteiger partial charge in [0.15, 0.2) is 11.7 Å². The lowest BCUT2D eigenvalue weighted by Gasteiger charge is -2.30. The number of amides is 2. The number of hydrogen-bond acceptors (Lipinski definition) is 5. The van der Waals surface area contributed by atoms with Crippen molar-refractivity contribution in [3.63, 3.8) is 0 Å². The summed E-state index contributed by atoms with van der Waals surface area (Å²) in [6, 6.07) is 3.73. The molecule has 0 spiro atoms. The lowest BCUT2D eigenvalue weighted by Crippen LogP contribution is -2.40. The fourth-order valence-electron chi connectivity index (χ4n) is 3.07. The normalized spacial score (nSPS) is 17.1. The van der Waals surface area contributed by atoms with Crippen molar-refractivity contribution in [2.45, 2.75) is 33.6 Å². The molecule has 3 heterocycles. The third kappa shape index (κ3) is 5.85. The summed E-state index contributed by atoms with van der Waals surface area (Å²) in [5.41, 5.74) is 1.83. The van der Waals surface area contributed by atoms with Gasteiger partial charge in [0, 0.05) is 25.4 Å². The van der Waals surface area contributed by atoms with Crippen molar-refractivity contribution in [3.8, 4) is 6.07 Å². The van der Waals surface area contributed by atoms with Gasteiger partial charge in [0.2, 0.25) is 15.8 Å². The maximum Gasteiger partial charge on any atom is 0.604 e. The average molecular weight is 418 g/mol. The number of allylic oxidation sites excluding steroid dienone is 1. The molecule has 0 saturated carbocycles. The molecule has 1 aliphatic rings. The number of aromatic amines is 1. The summed E-state index contributed by atoms with van der Waals surface area (Å²) in [5.74, 6) is 0.387. The van der Waals surface area contributed by atoms with E-state index in [1.54, 1.807) is 18.3 Å². The molecule has 2 N–H and O–H groups in total. The second-order valence-corrected chi connectivity index (χ2v) is 10.2. The highest BCUT2D eigenvalue weighted by Gasteiger charge is 2.30. The lowest BCUT2D eigenvalue weighted by atomic mass is 10.0. The van der Waals surface area contributed by atoms with E-state index in [4.69, 9.17) is 0 Å². The largest absolute Gasteiger partial charge is 0.604 e. The highest BCUT2D eigenvalue weighted by Crippen LogP contribution is 2.23. The number of anilines is 1. The summed E-state index contributed by atoms with van der Waals surface area (Å²) in [5, 5.41) is 2.53. The molecule has 0 aromatic carbocycles. The van der Waals surface area contributed by atoms with Crippen LogP contribution in [-0.4, -0.2) is 52.5 Å². The molecule has 0 aliphatic carbocycles. The summed E-state index contributed by atoms with van der Waals surface area (Å²) in [7, 11) is -3.33. The molecule has 2 aromatic rings. The number of aromatic nitrogens is 3. The molecule has 1 saturated heterocycles. The number of sulfonamides is 1. The Hall–Kier alpha value is -2.77. The number of piperidine rings is 1. The van der Waals surface area contributed by atoms with E-state index in [9.17, 15) is 13.2 Å². The fourth-order valence-corrected chi connectivity index (χ4v) is 5.12. The quantitative estimate of drug-likeness (QED) is 0.745. The van der Waals surface area contributed by atoms with E-state index in [1.807, 2.05) is 20.8 Å². The first-order valence-electron chi connectivity index (χ1n) is 9.35. The van der Waals surface area contributed by atoms with E-state index in [2.05, 4.69) is 31.2 Å². The number of fused-ring (bicyclic) bond motifs is 1. The standard InChI is InChI=1S/C19H24N6O3S/c1-19(2,3)13-29(27,28)25-10-4-5-14(12-25)6-8-21-18(26)24-16-11-22-17-15(23-16)7-9-20-17/h6-7,9,11H,4-5,10,12-13H2,1-3H3,(H-,20,22,23,24,26)/p+1/b14-6-. The zero-order valence-corrected chi connectivity index (χ0v) is 17.6. The minimum Gasteiger partial charge on any atom is -0.345 e. The molecule has 29 heavy (non-hydrogen) atoms. The molecule has 1 aliphatic heterocycles. The van der Waals surface area contributed by atoms with E-state index in [-0.39, 0.29) is 17.0 Å². The van der Waals surface area contributed by atoms with Gasteiger partial charge in [0.25, 0.3) is 0 Å². The van der Waals surface area contributed by atoms with Gasteiger partial charge < -0.3 is 4.98 Å². The molecule has 3 rings (SSSR count).